The lowest BCUT2D eigenvalue weighted by Crippen LogP contribution is -2.49. The molecule has 2 fully saturated rings. The molecule has 2 aromatic carbocycles. The molecule has 1 atom stereocenters. The minimum absolute atomic E-state index is 0.0688. The van der Waals surface area contributed by atoms with Crippen molar-refractivity contribution in [2.24, 2.45) is 5.41 Å². The van der Waals surface area contributed by atoms with Crippen molar-refractivity contribution >= 4 is 21.6 Å². The first-order valence-electron chi connectivity index (χ1n) is 10.5. The number of sulfonamides is 1. The lowest BCUT2D eigenvalue weighted by atomic mass is 9.79. The molecule has 8 nitrogen and oxygen atoms in total. The number of anilines is 1. The minimum Gasteiger partial charge on any atom is -0.497 e. The van der Waals surface area contributed by atoms with E-state index >= 15 is 0 Å². The number of rotatable bonds is 4. The van der Waals surface area contributed by atoms with E-state index in [9.17, 15) is 22.0 Å². The summed E-state index contributed by atoms with van der Waals surface area (Å²) in [7, 11) is -2.29. The molecule has 0 bridgehead atoms. The van der Waals surface area contributed by atoms with Crippen LogP contribution >= 0.6 is 0 Å². The summed E-state index contributed by atoms with van der Waals surface area (Å²) in [5, 5.41) is 0. The number of fused-ring (bicyclic) bond motifs is 1. The van der Waals surface area contributed by atoms with Crippen molar-refractivity contribution in [1.82, 2.24) is 4.31 Å². The quantitative estimate of drug-likeness (QED) is 0.668. The summed E-state index contributed by atoms with van der Waals surface area (Å²) in [4.78, 5) is 15.1. The van der Waals surface area contributed by atoms with E-state index in [4.69, 9.17) is 4.74 Å². The van der Waals surface area contributed by atoms with Gasteiger partial charge in [-0.25, -0.2) is 8.42 Å². The normalized spacial score (nSPS) is 24.5. The third kappa shape index (κ3) is 3.68. The molecule has 3 heterocycles. The van der Waals surface area contributed by atoms with E-state index in [2.05, 4.69) is 9.47 Å². The number of carbonyl (C=O) groups is 1. The smallest absolute Gasteiger partial charge is 0.497 e. The Morgan fingerprint density at radius 1 is 1.00 bits per heavy atom. The highest BCUT2D eigenvalue weighted by Gasteiger charge is 2.51. The van der Waals surface area contributed by atoms with Crippen LogP contribution in [-0.4, -0.2) is 51.7 Å². The standard InChI is InChI=1S/C22H22F2N2O6S/c1-30-16-4-6-17(7-5-16)33(28,29)25-11-2-9-21(14-25)10-12-26(20(21)27)15-3-8-18-19(13-15)32-22(23,24)31-18/h3-8,13H,2,9-12,14H2,1H3. The summed E-state index contributed by atoms with van der Waals surface area (Å²) in [5.41, 5.74) is -0.454. The van der Waals surface area contributed by atoms with Crippen molar-refractivity contribution in [3.8, 4) is 17.2 Å². The van der Waals surface area contributed by atoms with Crippen molar-refractivity contribution in [3.63, 3.8) is 0 Å². The van der Waals surface area contributed by atoms with Crippen LogP contribution in [-0.2, 0) is 14.8 Å². The van der Waals surface area contributed by atoms with Gasteiger partial charge in [0, 0.05) is 31.4 Å². The van der Waals surface area contributed by atoms with E-state index in [-0.39, 0.29) is 28.8 Å². The monoisotopic (exact) mass is 480 g/mol. The number of benzene rings is 2. The minimum atomic E-state index is -3.79. The zero-order valence-electron chi connectivity index (χ0n) is 17.8. The second-order valence-corrected chi connectivity index (χ2v) is 10.3. The number of nitrogens with zero attached hydrogens (tertiary/aromatic N) is 2. The Bertz CT molecular complexity index is 1200. The first-order chi connectivity index (χ1) is 15.6. The van der Waals surface area contributed by atoms with E-state index < -0.39 is 21.7 Å². The average molecular weight is 480 g/mol. The number of halogens is 2. The fraction of sp³-hybridized carbons (Fsp3) is 0.409. The van der Waals surface area contributed by atoms with Gasteiger partial charge < -0.3 is 19.1 Å². The molecular weight excluding hydrogens is 458 g/mol. The van der Waals surface area contributed by atoms with Crippen LogP contribution in [0.4, 0.5) is 14.5 Å². The summed E-state index contributed by atoms with van der Waals surface area (Å²) < 4.78 is 68.5. The predicted molar refractivity (Wildman–Crippen MR) is 113 cm³/mol. The summed E-state index contributed by atoms with van der Waals surface area (Å²) in [6.07, 6.45) is -2.18. The van der Waals surface area contributed by atoms with E-state index in [1.165, 1.54) is 46.6 Å². The number of hydrogen-bond donors (Lipinski definition) is 0. The van der Waals surface area contributed by atoms with Crippen LogP contribution in [0.5, 0.6) is 17.2 Å². The first kappa shape index (κ1) is 21.9. The van der Waals surface area contributed by atoms with Crippen LogP contribution in [0.15, 0.2) is 47.4 Å². The first-order valence-corrected chi connectivity index (χ1v) is 11.9. The van der Waals surface area contributed by atoms with Gasteiger partial charge in [0.05, 0.1) is 17.4 Å². The third-order valence-corrected chi connectivity index (χ3v) is 8.31. The Morgan fingerprint density at radius 3 is 2.45 bits per heavy atom. The molecule has 0 N–H and O–H groups in total. The van der Waals surface area contributed by atoms with E-state index in [0.717, 1.165) is 0 Å². The number of methoxy groups -OCH3 is 1. The van der Waals surface area contributed by atoms with Crippen molar-refractivity contribution in [2.45, 2.75) is 30.5 Å². The zero-order chi connectivity index (χ0) is 23.4. The predicted octanol–water partition coefficient (Wildman–Crippen LogP) is 3.22. The van der Waals surface area contributed by atoms with Gasteiger partial charge in [-0.15, -0.1) is 8.78 Å². The molecule has 0 radical (unpaired) electrons. The molecule has 33 heavy (non-hydrogen) atoms. The Hall–Kier alpha value is -2.92. The van der Waals surface area contributed by atoms with Gasteiger partial charge in [0.2, 0.25) is 15.9 Å². The number of carbonyl (C=O) groups excluding carboxylic acids is 1. The molecule has 3 aliphatic rings. The van der Waals surface area contributed by atoms with Crippen LogP contribution in [0.3, 0.4) is 0 Å². The van der Waals surface area contributed by atoms with E-state index in [0.29, 0.717) is 43.8 Å². The fourth-order valence-electron chi connectivity index (χ4n) is 4.74. The number of piperidine rings is 1. The highest BCUT2D eigenvalue weighted by molar-refractivity contribution is 7.89. The van der Waals surface area contributed by atoms with Gasteiger partial charge in [-0.1, -0.05) is 0 Å². The average Bonchev–Trinajstić information content (AvgIpc) is 3.28. The molecule has 1 unspecified atom stereocenters. The molecular formula is C22H22F2N2O6S. The van der Waals surface area contributed by atoms with Gasteiger partial charge in [-0.3, -0.25) is 4.79 Å². The maximum Gasteiger partial charge on any atom is 0.586 e. The van der Waals surface area contributed by atoms with Gasteiger partial charge in [0.15, 0.2) is 11.5 Å². The number of ether oxygens (including phenoxy) is 3. The van der Waals surface area contributed by atoms with Gasteiger partial charge >= 0.3 is 6.29 Å². The van der Waals surface area contributed by atoms with Crippen LogP contribution in [0, 0.1) is 5.41 Å². The molecule has 11 heteroatoms. The Balaban J connectivity index is 1.37. The van der Waals surface area contributed by atoms with Gasteiger partial charge in [0.1, 0.15) is 5.75 Å². The Labute approximate surface area is 189 Å². The van der Waals surface area contributed by atoms with Crippen molar-refractivity contribution in [1.29, 1.82) is 0 Å². The van der Waals surface area contributed by atoms with Crippen molar-refractivity contribution in [2.75, 3.05) is 31.6 Å². The Kier molecular flexibility index (Phi) is 5.02. The van der Waals surface area contributed by atoms with Crippen LogP contribution < -0.4 is 19.1 Å². The summed E-state index contributed by atoms with van der Waals surface area (Å²) in [6.45, 7) is 0.743. The number of hydrogen-bond acceptors (Lipinski definition) is 6. The highest BCUT2D eigenvalue weighted by atomic mass is 32.2. The second kappa shape index (κ2) is 7.56. The number of amides is 1. The zero-order valence-corrected chi connectivity index (χ0v) is 18.6. The maximum absolute atomic E-state index is 13.5. The molecule has 0 saturated carbocycles. The molecule has 2 aromatic rings. The SMILES string of the molecule is COc1ccc(S(=O)(=O)N2CCCC3(CCN(c4ccc5c(c4)OC(F)(F)O5)C3=O)C2)cc1. The molecule has 0 aliphatic carbocycles. The van der Waals surface area contributed by atoms with E-state index in [1.807, 2.05) is 0 Å². The third-order valence-electron chi connectivity index (χ3n) is 6.45. The topological polar surface area (TPSA) is 85.4 Å². The van der Waals surface area contributed by atoms with Crippen molar-refractivity contribution in [3.05, 3.63) is 42.5 Å². The molecule has 5 rings (SSSR count). The van der Waals surface area contributed by atoms with E-state index in [1.54, 1.807) is 12.1 Å². The largest absolute Gasteiger partial charge is 0.586 e. The molecule has 0 aromatic heterocycles. The Morgan fingerprint density at radius 2 is 1.73 bits per heavy atom. The molecule has 1 spiro atoms. The van der Waals surface area contributed by atoms with Gasteiger partial charge in [0.25, 0.3) is 0 Å². The van der Waals surface area contributed by atoms with Gasteiger partial charge in [-0.2, -0.15) is 4.31 Å². The van der Waals surface area contributed by atoms with Crippen LogP contribution in [0.2, 0.25) is 0 Å². The van der Waals surface area contributed by atoms with Gasteiger partial charge in [-0.05, 0) is 55.7 Å². The summed E-state index contributed by atoms with van der Waals surface area (Å²) in [6, 6.07) is 10.3. The fourth-order valence-corrected chi connectivity index (χ4v) is 6.31. The second-order valence-electron chi connectivity index (χ2n) is 8.40. The summed E-state index contributed by atoms with van der Waals surface area (Å²) in [5.74, 6) is 0.0908. The number of alkyl halides is 2. The molecule has 3 aliphatic heterocycles. The van der Waals surface area contributed by atoms with Crippen LogP contribution in [0.25, 0.3) is 0 Å². The molecule has 1 amide bonds. The summed E-state index contributed by atoms with van der Waals surface area (Å²) >= 11 is 0. The lowest BCUT2D eigenvalue weighted by molar-refractivity contribution is -0.286. The lowest BCUT2D eigenvalue weighted by Gasteiger charge is -2.38. The molecule has 2 saturated heterocycles. The highest BCUT2D eigenvalue weighted by Crippen LogP contribution is 2.46. The maximum atomic E-state index is 13.5. The van der Waals surface area contributed by atoms with Crippen LogP contribution in [0.1, 0.15) is 19.3 Å². The van der Waals surface area contributed by atoms with Crippen molar-refractivity contribution < 1.29 is 36.2 Å². The molecule has 176 valence electrons.